The average Bonchev–Trinajstić information content (AvgIpc) is 2.91. The van der Waals surface area contributed by atoms with Crippen LogP contribution in [0.5, 0.6) is 11.5 Å². The van der Waals surface area contributed by atoms with Crippen LogP contribution in [0, 0.1) is 18.8 Å². The summed E-state index contributed by atoms with van der Waals surface area (Å²) in [4.78, 5) is 0. The SMILES string of the molecule is [CH2]c1ccc(OC)c(OC2CC3CCC2C3)c1. The maximum absolute atomic E-state index is 6.15. The molecule has 0 aliphatic heterocycles. The zero-order valence-corrected chi connectivity index (χ0v) is 10.3. The quantitative estimate of drug-likeness (QED) is 0.793. The molecule has 2 heteroatoms. The van der Waals surface area contributed by atoms with Crippen LogP contribution in [-0.4, -0.2) is 13.2 Å². The van der Waals surface area contributed by atoms with Gasteiger partial charge in [0.05, 0.1) is 7.11 Å². The Hall–Kier alpha value is -1.18. The highest BCUT2D eigenvalue weighted by atomic mass is 16.5. The Bertz CT molecular complexity index is 413. The standard InChI is InChI=1S/C15H19O2/c1-10-3-6-13(16-2)15(7-10)17-14-9-11-4-5-12(14)8-11/h3,6-7,11-12,14H,1,4-5,8-9H2,2H3. The number of benzene rings is 1. The molecule has 2 aliphatic rings. The summed E-state index contributed by atoms with van der Waals surface area (Å²) in [6, 6.07) is 5.86. The van der Waals surface area contributed by atoms with Crippen molar-refractivity contribution in [3.63, 3.8) is 0 Å². The lowest BCUT2D eigenvalue weighted by atomic mass is 9.98. The Kier molecular flexibility index (Phi) is 2.73. The van der Waals surface area contributed by atoms with Gasteiger partial charge in [-0.3, -0.25) is 0 Å². The molecule has 1 aromatic rings. The van der Waals surface area contributed by atoms with Gasteiger partial charge in [0.25, 0.3) is 0 Å². The van der Waals surface area contributed by atoms with Crippen molar-refractivity contribution in [2.75, 3.05) is 7.11 Å². The summed E-state index contributed by atoms with van der Waals surface area (Å²) in [5.74, 6) is 3.34. The van der Waals surface area contributed by atoms with Gasteiger partial charge in [-0.15, -0.1) is 0 Å². The molecule has 2 nitrogen and oxygen atoms in total. The Morgan fingerprint density at radius 2 is 2.06 bits per heavy atom. The summed E-state index contributed by atoms with van der Waals surface area (Å²) in [5.41, 5.74) is 0.976. The molecule has 3 atom stereocenters. The van der Waals surface area contributed by atoms with E-state index in [-0.39, 0.29) is 0 Å². The van der Waals surface area contributed by atoms with Crippen LogP contribution in [0.15, 0.2) is 18.2 Å². The Labute approximate surface area is 103 Å². The van der Waals surface area contributed by atoms with E-state index in [1.54, 1.807) is 7.11 Å². The van der Waals surface area contributed by atoms with Crippen molar-refractivity contribution >= 4 is 0 Å². The first-order valence-electron chi connectivity index (χ1n) is 6.43. The molecule has 91 valence electrons. The lowest BCUT2D eigenvalue weighted by Crippen LogP contribution is -2.23. The number of hydrogen-bond acceptors (Lipinski definition) is 2. The van der Waals surface area contributed by atoms with Crippen molar-refractivity contribution in [2.45, 2.75) is 31.8 Å². The second-order valence-electron chi connectivity index (χ2n) is 5.32. The molecule has 1 aromatic carbocycles. The molecule has 2 bridgehead atoms. The molecule has 0 amide bonds. The van der Waals surface area contributed by atoms with Crippen LogP contribution in [0.25, 0.3) is 0 Å². The molecule has 0 aromatic heterocycles. The molecule has 17 heavy (non-hydrogen) atoms. The van der Waals surface area contributed by atoms with E-state index in [0.717, 1.165) is 28.9 Å². The summed E-state index contributed by atoms with van der Waals surface area (Å²) in [5, 5.41) is 0. The summed E-state index contributed by atoms with van der Waals surface area (Å²) >= 11 is 0. The van der Waals surface area contributed by atoms with Crippen molar-refractivity contribution in [1.29, 1.82) is 0 Å². The normalized spacial score (nSPS) is 30.6. The third kappa shape index (κ3) is 2.01. The maximum atomic E-state index is 6.15. The van der Waals surface area contributed by atoms with Gasteiger partial charge in [-0.2, -0.15) is 0 Å². The van der Waals surface area contributed by atoms with Crippen molar-refractivity contribution in [2.24, 2.45) is 11.8 Å². The van der Waals surface area contributed by atoms with Crippen LogP contribution in [0.2, 0.25) is 0 Å². The molecular formula is C15H19O2. The first-order valence-corrected chi connectivity index (χ1v) is 6.43. The van der Waals surface area contributed by atoms with Crippen LogP contribution in [0.4, 0.5) is 0 Å². The van der Waals surface area contributed by atoms with Gasteiger partial charge in [0.15, 0.2) is 11.5 Å². The van der Waals surface area contributed by atoms with E-state index >= 15 is 0 Å². The van der Waals surface area contributed by atoms with Crippen LogP contribution in [0.1, 0.15) is 31.2 Å². The molecule has 2 aliphatic carbocycles. The monoisotopic (exact) mass is 231 g/mol. The van der Waals surface area contributed by atoms with E-state index in [9.17, 15) is 0 Å². The lowest BCUT2D eigenvalue weighted by molar-refractivity contribution is 0.133. The molecule has 3 rings (SSSR count). The number of ether oxygens (including phenoxy) is 2. The highest BCUT2D eigenvalue weighted by Crippen LogP contribution is 2.46. The lowest BCUT2D eigenvalue weighted by Gasteiger charge is -2.24. The fourth-order valence-electron chi connectivity index (χ4n) is 3.31. The maximum Gasteiger partial charge on any atom is 0.161 e. The van der Waals surface area contributed by atoms with Gasteiger partial charge in [-0.25, -0.2) is 0 Å². The van der Waals surface area contributed by atoms with Crippen LogP contribution in [-0.2, 0) is 0 Å². The average molecular weight is 231 g/mol. The molecule has 2 saturated carbocycles. The van der Waals surface area contributed by atoms with Crippen LogP contribution in [0.3, 0.4) is 0 Å². The highest BCUT2D eigenvalue weighted by molar-refractivity contribution is 5.44. The molecule has 0 spiro atoms. The van der Waals surface area contributed by atoms with Gasteiger partial charge >= 0.3 is 0 Å². The number of hydrogen-bond donors (Lipinski definition) is 0. The van der Waals surface area contributed by atoms with Gasteiger partial charge in [0.1, 0.15) is 6.10 Å². The predicted molar refractivity (Wildman–Crippen MR) is 67.3 cm³/mol. The minimum absolute atomic E-state index is 0.393. The minimum atomic E-state index is 0.393. The van der Waals surface area contributed by atoms with Crippen LogP contribution < -0.4 is 9.47 Å². The molecule has 1 radical (unpaired) electrons. The molecule has 0 saturated heterocycles. The summed E-state index contributed by atoms with van der Waals surface area (Å²) in [7, 11) is 1.69. The molecular weight excluding hydrogens is 212 g/mol. The van der Waals surface area contributed by atoms with Gasteiger partial charge in [-0.05, 0) is 62.1 Å². The zero-order valence-electron chi connectivity index (χ0n) is 10.3. The summed E-state index contributed by atoms with van der Waals surface area (Å²) < 4.78 is 11.5. The van der Waals surface area contributed by atoms with E-state index < -0.39 is 0 Å². The van der Waals surface area contributed by atoms with E-state index in [2.05, 4.69) is 6.92 Å². The molecule has 0 N–H and O–H groups in total. The second-order valence-corrected chi connectivity index (χ2v) is 5.32. The van der Waals surface area contributed by atoms with Crippen LogP contribution >= 0.6 is 0 Å². The van der Waals surface area contributed by atoms with E-state index in [1.165, 1.54) is 25.7 Å². The van der Waals surface area contributed by atoms with E-state index in [1.807, 2.05) is 18.2 Å². The van der Waals surface area contributed by atoms with Crippen molar-refractivity contribution in [3.05, 3.63) is 30.7 Å². The topological polar surface area (TPSA) is 18.5 Å². The van der Waals surface area contributed by atoms with Crippen molar-refractivity contribution in [3.8, 4) is 11.5 Å². The van der Waals surface area contributed by atoms with Gasteiger partial charge in [0.2, 0.25) is 0 Å². The fourth-order valence-corrected chi connectivity index (χ4v) is 3.31. The number of fused-ring (bicyclic) bond motifs is 2. The largest absolute Gasteiger partial charge is 0.493 e. The predicted octanol–water partition coefficient (Wildman–Crippen LogP) is 3.44. The molecule has 0 heterocycles. The second kappa shape index (κ2) is 4.25. The Morgan fingerprint density at radius 1 is 1.18 bits per heavy atom. The smallest absolute Gasteiger partial charge is 0.161 e. The first kappa shape index (κ1) is 10.9. The number of methoxy groups -OCH3 is 1. The van der Waals surface area contributed by atoms with E-state index in [0.29, 0.717) is 6.10 Å². The molecule has 2 fully saturated rings. The third-order valence-corrected chi connectivity index (χ3v) is 4.18. The third-order valence-electron chi connectivity index (χ3n) is 4.18. The molecule has 3 unspecified atom stereocenters. The van der Waals surface area contributed by atoms with Gasteiger partial charge in [-0.1, -0.05) is 6.07 Å². The first-order chi connectivity index (χ1) is 8.26. The number of rotatable bonds is 3. The summed E-state index contributed by atoms with van der Waals surface area (Å²) in [6.45, 7) is 3.94. The van der Waals surface area contributed by atoms with E-state index in [4.69, 9.17) is 9.47 Å². The van der Waals surface area contributed by atoms with Gasteiger partial charge in [0, 0.05) is 0 Å². The fraction of sp³-hybridized carbons (Fsp3) is 0.533. The Morgan fingerprint density at radius 3 is 2.71 bits per heavy atom. The van der Waals surface area contributed by atoms with Crippen molar-refractivity contribution < 1.29 is 9.47 Å². The summed E-state index contributed by atoms with van der Waals surface area (Å²) in [6.07, 6.45) is 5.70. The van der Waals surface area contributed by atoms with Crippen molar-refractivity contribution in [1.82, 2.24) is 0 Å². The zero-order chi connectivity index (χ0) is 11.8. The van der Waals surface area contributed by atoms with Gasteiger partial charge < -0.3 is 9.47 Å². The minimum Gasteiger partial charge on any atom is -0.493 e. The highest BCUT2D eigenvalue weighted by Gasteiger charge is 2.41. The Balaban J connectivity index is 1.78.